The van der Waals surface area contributed by atoms with Gasteiger partial charge < -0.3 is 9.09 Å². The van der Waals surface area contributed by atoms with Crippen LogP contribution in [0.15, 0.2) is 47.2 Å². The molecule has 1 aromatic carbocycles. The third-order valence-corrected chi connectivity index (χ3v) is 4.26. The molecule has 112 valence electrons. The van der Waals surface area contributed by atoms with Gasteiger partial charge in [-0.2, -0.15) is 4.98 Å². The molecule has 1 aliphatic heterocycles. The van der Waals surface area contributed by atoms with E-state index < -0.39 is 0 Å². The summed E-state index contributed by atoms with van der Waals surface area (Å²) in [5.74, 6) is 2.97. The summed E-state index contributed by atoms with van der Waals surface area (Å²) in [7, 11) is 0. The van der Waals surface area contributed by atoms with Crippen molar-refractivity contribution < 1.29 is 4.52 Å². The van der Waals surface area contributed by atoms with E-state index in [4.69, 9.17) is 4.52 Å². The second-order valence-electron chi connectivity index (χ2n) is 5.76. The van der Waals surface area contributed by atoms with Crippen LogP contribution in [0.3, 0.4) is 0 Å². The van der Waals surface area contributed by atoms with Gasteiger partial charge in [0.2, 0.25) is 5.89 Å². The number of aryl methyl sites for hydroxylation is 3. The Morgan fingerprint density at radius 1 is 1.18 bits per heavy atom. The van der Waals surface area contributed by atoms with E-state index in [2.05, 4.69) is 44.0 Å². The molecule has 0 aliphatic carbocycles. The molecule has 0 radical (unpaired) electrons. The van der Waals surface area contributed by atoms with Crippen LogP contribution in [0.5, 0.6) is 0 Å². The molecule has 3 aromatic rings. The van der Waals surface area contributed by atoms with E-state index in [9.17, 15) is 0 Å². The van der Waals surface area contributed by atoms with E-state index in [1.807, 2.05) is 18.5 Å². The van der Waals surface area contributed by atoms with Crippen molar-refractivity contribution in [3.05, 3.63) is 65.8 Å². The minimum atomic E-state index is 0.299. The Hall–Kier alpha value is -2.43. The van der Waals surface area contributed by atoms with Crippen molar-refractivity contribution in [3.8, 4) is 0 Å². The van der Waals surface area contributed by atoms with Gasteiger partial charge in [-0.25, -0.2) is 4.98 Å². The van der Waals surface area contributed by atoms with Gasteiger partial charge in [0.25, 0.3) is 0 Å². The first-order valence-electron chi connectivity index (χ1n) is 7.75. The number of hydrogen-bond donors (Lipinski definition) is 0. The zero-order valence-electron chi connectivity index (χ0n) is 12.4. The molecule has 1 unspecified atom stereocenters. The normalized spacial score (nSPS) is 17.4. The highest BCUT2D eigenvalue weighted by Gasteiger charge is 2.25. The van der Waals surface area contributed by atoms with Crippen LogP contribution in [0.2, 0.25) is 0 Å². The van der Waals surface area contributed by atoms with Crippen LogP contribution in [-0.2, 0) is 25.8 Å². The summed E-state index contributed by atoms with van der Waals surface area (Å²) in [6, 6.07) is 10.4. The molecule has 1 aliphatic rings. The number of fused-ring (bicyclic) bond motifs is 1. The topological polar surface area (TPSA) is 56.7 Å². The average molecular weight is 294 g/mol. The summed E-state index contributed by atoms with van der Waals surface area (Å²) in [6.45, 7) is 0.974. The summed E-state index contributed by atoms with van der Waals surface area (Å²) >= 11 is 0. The first-order valence-corrected chi connectivity index (χ1v) is 7.75. The lowest BCUT2D eigenvalue weighted by molar-refractivity contribution is 0.321. The maximum Gasteiger partial charge on any atom is 0.230 e. The molecular weight excluding hydrogens is 276 g/mol. The van der Waals surface area contributed by atoms with Gasteiger partial charge in [0.05, 0.1) is 0 Å². The highest BCUT2D eigenvalue weighted by molar-refractivity contribution is 5.15. The third-order valence-electron chi connectivity index (χ3n) is 4.26. The van der Waals surface area contributed by atoms with Crippen molar-refractivity contribution in [2.24, 2.45) is 0 Å². The molecule has 0 amide bonds. The third kappa shape index (κ3) is 2.66. The van der Waals surface area contributed by atoms with Crippen LogP contribution in [0.4, 0.5) is 0 Å². The fraction of sp³-hybridized carbons (Fsp3) is 0.353. The molecule has 0 bridgehead atoms. The van der Waals surface area contributed by atoms with Crippen LogP contribution in [0, 0.1) is 0 Å². The largest absolute Gasteiger partial charge is 0.339 e. The zero-order valence-corrected chi connectivity index (χ0v) is 12.4. The lowest BCUT2D eigenvalue weighted by Gasteiger charge is -2.19. The molecule has 5 nitrogen and oxygen atoms in total. The molecule has 0 saturated heterocycles. The fourth-order valence-corrected chi connectivity index (χ4v) is 3.00. The summed E-state index contributed by atoms with van der Waals surface area (Å²) < 4.78 is 7.68. The Morgan fingerprint density at radius 2 is 2.09 bits per heavy atom. The van der Waals surface area contributed by atoms with E-state index in [1.165, 1.54) is 5.56 Å². The van der Waals surface area contributed by atoms with Gasteiger partial charge >= 0.3 is 0 Å². The predicted molar refractivity (Wildman–Crippen MR) is 81.4 cm³/mol. The highest BCUT2D eigenvalue weighted by Crippen LogP contribution is 2.27. The van der Waals surface area contributed by atoms with E-state index >= 15 is 0 Å². The monoisotopic (exact) mass is 294 g/mol. The minimum absolute atomic E-state index is 0.299. The summed E-state index contributed by atoms with van der Waals surface area (Å²) in [5, 5.41) is 4.14. The molecule has 2 aromatic heterocycles. The first-order chi connectivity index (χ1) is 10.9. The summed E-state index contributed by atoms with van der Waals surface area (Å²) in [5.41, 5.74) is 1.30. The van der Waals surface area contributed by atoms with Crippen molar-refractivity contribution in [2.45, 2.75) is 38.1 Å². The van der Waals surface area contributed by atoms with Gasteiger partial charge in [0, 0.05) is 37.7 Å². The van der Waals surface area contributed by atoms with Crippen LogP contribution in [0.25, 0.3) is 0 Å². The standard InChI is InChI=1S/C17H18N4O/c1-2-4-13(5-3-1)6-7-15-19-17(22-20-15)14-8-10-21-11-9-18-16(21)12-14/h1-5,9,11,14H,6-8,10,12H2. The van der Waals surface area contributed by atoms with E-state index in [-0.39, 0.29) is 0 Å². The zero-order chi connectivity index (χ0) is 14.8. The molecular formula is C17H18N4O. The van der Waals surface area contributed by atoms with Gasteiger partial charge in [-0.1, -0.05) is 35.5 Å². The molecule has 0 N–H and O–H groups in total. The maximum atomic E-state index is 5.49. The van der Waals surface area contributed by atoms with Crippen molar-refractivity contribution in [1.82, 2.24) is 19.7 Å². The Bertz CT molecular complexity index is 747. The first kappa shape index (κ1) is 13.2. The molecule has 0 fully saturated rings. The van der Waals surface area contributed by atoms with Gasteiger partial charge in [0.1, 0.15) is 5.82 Å². The van der Waals surface area contributed by atoms with Crippen molar-refractivity contribution in [3.63, 3.8) is 0 Å². The van der Waals surface area contributed by atoms with Crippen LogP contribution in [0.1, 0.15) is 35.4 Å². The SMILES string of the molecule is c1ccc(CCc2noc(C3CCn4ccnc4C3)n2)cc1. The number of imidazole rings is 1. The van der Waals surface area contributed by atoms with Crippen LogP contribution < -0.4 is 0 Å². The smallest absolute Gasteiger partial charge is 0.230 e. The van der Waals surface area contributed by atoms with E-state index in [0.29, 0.717) is 5.92 Å². The van der Waals surface area contributed by atoms with Gasteiger partial charge in [-0.15, -0.1) is 0 Å². The number of aromatic nitrogens is 4. The van der Waals surface area contributed by atoms with Gasteiger partial charge in [0.15, 0.2) is 5.82 Å². The molecule has 0 saturated carbocycles. The lowest BCUT2D eigenvalue weighted by Crippen LogP contribution is -2.18. The fourth-order valence-electron chi connectivity index (χ4n) is 3.00. The van der Waals surface area contributed by atoms with Crippen LogP contribution >= 0.6 is 0 Å². The maximum absolute atomic E-state index is 5.49. The minimum Gasteiger partial charge on any atom is -0.339 e. The highest BCUT2D eigenvalue weighted by atomic mass is 16.5. The number of hydrogen-bond acceptors (Lipinski definition) is 4. The quantitative estimate of drug-likeness (QED) is 0.742. The Morgan fingerprint density at radius 3 is 3.00 bits per heavy atom. The van der Waals surface area contributed by atoms with Crippen molar-refractivity contribution >= 4 is 0 Å². The number of rotatable bonds is 4. The Kier molecular flexibility index (Phi) is 3.46. The second kappa shape index (κ2) is 5.75. The molecule has 5 heteroatoms. The lowest BCUT2D eigenvalue weighted by atomic mass is 9.98. The molecule has 0 spiro atoms. The van der Waals surface area contributed by atoms with Crippen molar-refractivity contribution in [1.29, 1.82) is 0 Å². The predicted octanol–water partition coefficient (Wildman–Crippen LogP) is 2.78. The molecule has 1 atom stereocenters. The Labute approximate surface area is 129 Å². The Balaban J connectivity index is 1.42. The number of benzene rings is 1. The van der Waals surface area contributed by atoms with E-state index in [0.717, 1.165) is 49.8 Å². The average Bonchev–Trinajstić information content (AvgIpc) is 3.22. The molecule has 3 heterocycles. The van der Waals surface area contributed by atoms with Gasteiger partial charge in [-0.05, 0) is 18.4 Å². The summed E-state index contributed by atoms with van der Waals surface area (Å²) in [6.07, 6.45) is 7.56. The molecule has 4 rings (SSSR count). The van der Waals surface area contributed by atoms with Gasteiger partial charge in [-0.3, -0.25) is 0 Å². The van der Waals surface area contributed by atoms with E-state index in [1.54, 1.807) is 0 Å². The summed E-state index contributed by atoms with van der Waals surface area (Å²) in [4.78, 5) is 8.98. The van der Waals surface area contributed by atoms with Crippen molar-refractivity contribution in [2.75, 3.05) is 0 Å². The number of nitrogens with zero attached hydrogens (tertiary/aromatic N) is 4. The van der Waals surface area contributed by atoms with Crippen LogP contribution in [-0.4, -0.2) is 19.7 Å². The second-order valence-corrected chi connectivity index (χ2v) is 5.76. The molecule has 22 heavy (non-hydrogen) atoms.